The van der Waals surface area contributed by atoms with E-state index in [4.69, 9.17) is 0 Å². The molecule has 0 aliphatic carbocycles. The molecule has 0 N–H and O–H groups in total. The molecule has 72 valence electrons. The molecule has 0 aromatic rings. The molecule has 0 unspecified atom stereocenters. The lowest BCUT2D eigenvalue weighted by Crippen LogP contribution is -2.57. The van der Waals surface area contributed by atoms with Crippen molar-refractivity contribution in [3.63, 3.8) is 0 Å². The molecule has 0 amide bonds. The molecule has 1 heterocycles. The number of rotatable bonds is 1. The SMILES string of the molecule is CCP1(=O)C(C)(C)C(C)C1(C)C. The van der Waals surface area contributed by atoms with Gasteiger partial charge in [0, 0.05) is 10.3 Å². The minimum Gasteiger partial charge on any atom is -0.322 e. The fourth-order valence-electron chi connectivity index (χ4n) is 2.98. The van der Waals surface area contributed by atoms with E-state index in [0.29, 0.717) is 5.92 Å². The molecule has 1 saturated heterocycles. The molecule has 2 heteroatoms. The first-order valence-electron chi connectivity index (χ1n) is 4.81. The van der Waals surface area contributed by atoms with Gasteiger partial charge in [-0.15, -0.1) is 0 Å². The predicted octanol–water partition coefficient (Wildman–Crippen LogP) is 3.58. The normalized spacial score (nSPS) is 43.7. The van der Waals surface area contributed by atoms with E-state index in [0.717, 1.165) is 6.16 Å². The lowest BCUT2D eigenvalue weighted by atomic mass is 9.83. The smallest absolute Gasteiger partial charge is 0.0986 e. The van der Waals surface area contributed by atoms with E-state index < -0.39 is 7.14 Å². The van der Waals surface area contributed by atoms with Crippen molar-refractivity contribution >= 4 is 7.14 Å². The van der Waals surface area contributed by atoms with Gasteiger partial charge in [-0.3, -0.25) is 0 Å². The molecule has 1 nitrogen and oxygen atoms in total. The van der Waals surface area contributed by atoms with Crippen molar-refractivity contribution in [3.8, 4) is 0 Å². The van der Waals surface area contributed by atoms with Gasteiger partial charge in [-0.25, -0.2) is 0 Å². The molecule has 12 heavy (non-hydrogen) atoms. The Morgan fingerprint density at radius 2 is 1.50 bits per heavy atom. The van der Waals surface area contributed by atoms with Crippen molar-refractivity contribution in [2.45, 2.75) is 51.9 Å². The van der Waals surface area contributed by atoms with Gasteiger partial charge in [0.25, 0.3) is 0 Å². The van der Waals surface area contributed by atoms with E-state index in [1.54, 1.807) is 0 Å². The molecule has 0 aromatic heterocycles. The predicted molar refractivity (Wildman–Crippen MR) is 55.5 cm³/mol. The zero-order valence-corrected chi connectivity index (χ0v) is 10.0. The van der Waals surface area contributed by atoms with Crippen LogP contribution < -0.4 is 0 Å². The summed E-state index contributed by atoms with van der Waals surface area (Å²) in [6.45, 7) is 12.9. The third-order valence-electron chi connectivity index (χ3n) is 4.43. The fourth-order valence-corrected chi connectivity index (χ4v) is 7.79. The summed E-state index contributed by atoms with van der Waals surface area (Å²) in [5.74, 6) is 0.579. The van der Waals surface area contributed by atoms with Crippen LogP contribution >= 0.6 is 7.14 Å². The van der Waals surface area contributed by atoms with E-state index in [2.05, 4.69) is 41.5 Å². The molecule has 1 aliphatic heterocycles. The van der Waals surface area contributed by atoms with Crippen LogP contribution in [-0.4, -0.2) is 16.5 Å². The second-order valence-electron chi connectivity index (χ2n) is 5.08. The second kappa shape index (κ2) is 2.38. The maximum absolute atomic E-state index is 12.6. The van der Waals surface area contributed by atoms with Gasteiger partial charge in [-0.2, -0.15) is 0 Å². The first kappa shape index (κ1) is 10.3. The first-order chi connectivity index (χ1) is 5.22. The Morgan fingerprint density at radius 1 is 1.17 bits per heavy atom. The van der Waals surface area contributed by atoms with Crippen LogP contribution in [0, 0.1) is 5.92 Å². The third kappa shape index (κ3) is 0.789. The molecule has 0 aromatic carbocycles. The summed E-state index contributed by atoms with van der Waals surface area (Å²) >= 11 is 0. The Morgan fingerprint density at radius 3 is 1.67 bits per heavy atom. The lowest BCUT2D eigenvalue weighted by molar-refractivity contribution is 0.270. The van der Waals surface area contributed by atoms with Gasteiger partial charge in [-0.05, 0) is 12.1 Å². The molecule has 1 aliphatic rings. The highest BCUT2D eigenvalue weighted by Crippen LogP contribution is 2.81. The van der Waals surface area contributed by atoms with Crippen molar-refractivity contribution in [1.29, 1.82) is 0 Å². The molecule has 0 atom stereocenters. The maximum atomic E-state index is 12.6. The summed E-state index contributed by atoms with van der Waals surface area (Å²) in [4.78, 5) is 0. The molecular weight excluding hydrogens is 167 g/mol. The molecule has 1 fully saturated rings. The Balaban J connectivity index is 3.11. The van der Waals surface area contributed by atoms with Gasteiger partial charge in [0.2, 0.25) is 0 Å². The van der Waals surface area contributed by atoms with Crippen LogP contribution in [-0.2, 0) is 4.57 Å². The van der Waals surface area contributed by atoms with Crippen molar-refractivity contribution in [1.82, 2.24) is 0 Å². The molecule has 0 spiro atoms. The van der Waals surface area contributed by atoms with Gasteiger partial charge in [-0.1, -0.05) is 41.5 Å². The van der Waals surface area contributed by atoms with Crippen LogP contribution in [0.15, 0.2) is 0 Å². The van der Waals surface area contributed by atoms with E-state index in [1.807, 2.05) is 0 Å². The quantitative estimate of drug-likeness (QED) is 0.575. The molecular formula is C10H21OP. The van der Waals surface area contributed by atoms with Gasteiger partial charge in [0.05, 0.1) is 7.14 Å². The van der Waals surface area contributed by atoms with Crippen molar-refractivity contribution in [3.05, 3.63) is 0 Å². The van der Waals surface area contributed by atoms with Crippen molar-refractivity contribution in [2.75, 3.05) is 6.16 Å². The number of hydrogen-bond acceptors (Lipinski definition) is 1. The van der Waals surface area contributed by atoms with Gasteiger partial charge < -0.3 is 4.57 Å². The fraction of sp³-hybridized carbons (Fsp3) is 1.00. The van der Waals surface area contributed by atoms with Crippen LogP contribution in [0.2, 0.25) is 0 Å². The lowest BCUT2D eigenvalue weighted by Gasteiger charge is -2.63. The van der Waals surface area contributed by atoms with Crippen LogP contribution in [0.25, 0.3) is 0 Å². The van der Waals surface area contributed by atoms with Crippen LogP contribution in [0.1, 0.15) is 41.5 Å². The summed E-state index contributed by atoms with van der Waals surface area (Å²) in [5.41, 5.74) is 0. The number of hydrogen-bond donors (Lipinski definition) is 0. The maximum Gasteiger partial charge on any atom is 0.0986 e. The first-order valence-corrected chi connectivity index (χ1v) is 6.70. The van der Waals surface area contributed by atoms with Crippen molar-refractivity contribution < 1.29 is 4.57 Å². The van der Waals surface area contributed by atoms with E-state index in [-0.39, 0.29) is 10.3 Å². The summed E-state index contributed by atoms with van der Waals surface area (Å²) in [7, 11) is -1.94. The minimum atomic E-state index is -1.94. The zero-order chi connectivity index (χ0) is 9.78. The monoisotopic (exact) mass is 188 g/mol. The third-order valence-corrected chi connectivity index (χ3v) is 9.82. The van der Waals surface area contributed by atoms with Crippen LogP contribution in [0.4, 0.5) is 0 Å². The van der Waals surface area contributed by atoms with Gasteiger partial charge in [0.1, 0.15) is 0 Å². The molecule has 0 bridgehead atoms. The Bertz CT molecular complexity index is 220. The highest BCUT2D eigenvalue weighted by atomic mass is 31.2. The summed E-state index contributed by atoms with van der Waals surface area (Å²) in [5, 5.41) is 0.149. The summed E-state index contributed by atoms with van der Waals surface area (Å²) in [6, 6.07) is 0. The van der Waals surface area contributed by atoms with E-state index >= 15 is 0 Å². The highest BCUT2D eigenvalue weighted by Gasteiger charge is 2.66. The molecule has 0 saturated carbocycles. The van der Waals surface area contributed by atoms with Crippen LogP contribution in [0.3, 0.4) is 0 Å². The molecule has 0 radical (unpaired) electrons. The zero-order valence-electron chi connectivity index (χ0n) is 9.14. The van der Waals surface area contributed by atoms with E-state index in [1.165, 1.54) is 0 Å². The Hall–Kier alpha value is 0.230. The largest absolute Gasteiger partial charge is 0.322 e. The average molecular weight is 188 g/mol. The van der Waals surface area contributed by atoms with Gasteiger partial charge in [0.15, 0.2) is 0 Å². The van der Waals surface area contributed by atoms with E-state index in [9.17, 15) is 4.57 Å². The van der Waals surface area contributed by atoms with Crippen LogP contribution in [0.5, 0.6) is 0 Å². The average Bonchev–Trinajstić information content (AvgIpc) is 2.00. The van der Waals surface area contributed by atoms with Gasteiger partial charge >= 0.3 is 0 Å². The van der Waals surface area contributed by atoms with Crippen molar-refractivity contribution in [2.24, 2.45) is 5.92 Å². The Labute approximate surface area is 76.3 Å². The topological polar surface area (TPSA) is 17.1 Å². The molecule has 1 rings (SSSR count). The second-order valence-corrected chi connectivity index (χ2v) is 9.50. The standard InChI is InChI=1S/C10H21OP/c1-7-12(11)9(3,4)8(2)10(12,5)6/h8H,7H2,1-6H3. The highest BCUT2D eigenvalue weighted by molar-refractivity contribution is 7.68. The summed E-state index contributed by atoms with van der Waals surface area (Å²) in [6.07, 6.45) is 0.858. The summed E-state index contributed by atoms with van der Waals surface area (Å²) < 4.78 is 12.6. The Kier molecular flexibility index (Phi) is 2.04. The minimum absolute atomic E-state index is 0.0747.